The molecule has 0 N–H and O–H groups in total. The van der Waals surface area contributed by atoms with Crippen LogP contribution < -0.4 is 9.64 Å². The normalized spacial score (nSPS) is 11.9. The molecule has 2 aromatic heterocycles. The largest absolute Gasteiger partial charge is 0.456 e. The molecule has 0 unspecified atom stereocenters. The quantitative estimate of drug-likeness (QED) is 0.175. The zero-order chi connectivity index (χ0) is 38.2. The van der Waals surface area contributed by atoms with E-state index in [1.807, 2.05) is 12.1 Å². The Balaban J connectivity index is 1.13. The highest BCUT2D eigenvalue weighted by Crippen LogP contribution is 2.49. The summed E-state index contributed by atoms with van der Waals surface area (Å²) in [4.78, 5) is 2.42. The minimum Gasteiger partial charge on any atom is -0.456 e. The molecule has 0 saturated heterocycles. The van der Waals surface area contributed by atoms with Gasteiger partial charge in [-0.1, -0.05) is 115 Å². The average molecular weight is 742 g/mol. The zero-order valence-corrected chi connectivity index (χ0v) is 31.5. The summed E-state index contributed by atoms with van der Waals surface area (Å²) in [5, 5.41) is 4.83. The summed E-state index contributed by atoms with van der Waals surface area (Å²) in [5.41, 5.74) is 14.6. The number of para-hydroxylation sites is 6. The average Bonchev–Trinajstić information content (AvgIpc) is 3.75. The minimum atomic E-state index is 0.850. The second kappa shape index (κ2) is 12.9. The lowest BCUT2D eigenvalue weighted by Crippen LogP contribution is -2.10. The van der Waals surface area contributed by atoms with Gasteiger partial charge in [0, 0.05) is 61.1 Å². The molecule has 58 heavy (non-hydrogen) atoms. The number of anilines is 3. The number of rotatable bonds is 5. The number of nitrogens with zero attached hydrogens (tertiary/aromatic N) is 3. The number of benzene rings is 9. The van der Waals surface area contributed by atoms with Crippen LogP contribution in [-0.2, 0) is 0 Å². The van der Waals surface area contributed by atoms with Gasteiger partial charge in [-0.3, -0.25) is 0 Å². The molecule has 3 heterocycles. The summed E-state index contributed by atoms with van der Waals surface area (Å²) in [6, 6.07) is 76.2. The van der Waals surface area contributed by atoms with Gasteiger partial charge in [-0.05, 0) is 108 Å². The Morgan fingerprint density at radius 2 is 0.707 bits per heavy atom. The fourth-order valence-electron chi connectivity index (χ4n) is 9.16. The first-order chi connectivity index (χ1) is 28.8. The molecule has 272 valence electrons. The highest BCUT2D eigenvalue weighted by Gasteiger charge is 2.24. The highest BCUT2D eigenvalue weighted by atomic mass is 16.5. The molecular weight excluding hydrogens is 707 g/mol. The van der Waals surface area contributed by atoms with Crippen LogP contribution >= 0.6 is 0 Å². The highest BCUT2D eigenvalue weighted by molar-refractivity contribution is 6.12. The summed E-state index contributed by atoms with van der Waals surface area (Å²) in [6.45, 7) is 0. The third-order valence-electron chi connectivity index (χ3n) is 11.7. The Bertz CT molecular complexity index is 3220. The third-order valence-corrected chi connectivity index (χ3v) is 11.7. The van der Waals surface area contributed by atoms with Crippen LogP contribution in [0.15, 0.2) is 212 Å². The number of hydrogen-bond acceptors (Lipinski definition) is 2. The first-order valence-corrected chi connectivity index (χ1v) is 19.8. The van der Waals surface area contributed by atoms with E-state index in [-0.39, 0.29) is 0 Å². The van der Waals surface area contributed by atoms with Crippen LogP contribution in [0.4, 0.5) is 17.1 Å². The predicted molar refractivity (Wildman–Crippen MR) is 241 cm³/mol. The molecule has 0 amide bonds. The Morgan fingerprint density at radius 1 is 0.293 bits per heavy atom. The lowest BCUT2D eigenvalue weighted by Gasteiger charge is -2.27. The summed E-state index contributed by atoms with van der Waals surface area (Å²) in [5.74, 6) is 1.71. The van der Waals surface area contributed by atoms with Gasteiger partial charge in [-0.25, -0.2) is 0 Å². The molecule has 0 saturated carbocycles. The van der Waals surface area contributed by atoms with Crippen molar-refractivity contribution in [3.8, 4) is 45.1 Å². The van der Waals surface area contributed by atoms with Crippen molar-refractivity contribution in [2.45, 2.75) is 0 Å². The number of hydrogen-bond donors (Lipinski definition) is 0. The fourth-order valence-corrected chi connectivity index (χ4v) is 9.16. The van der Waals surface area contributed by atoms with Crippen molar-refractivity contribution in [2.75, 3.05) is 4.90 Å². The molecule has 4 heteroatoms. The molecule has 1 aliphatic heterocycles. The van der Waals surface area contributed by atoms with Crippen molar-refractivity contribution >= 4 is 60.7 Å². The van der Waals surface area contributed by atoms with E-state index in [9.17, 15) is 0 Å². The van der Waals surface area contributed by atoms with Crippen LogP contribution in [0.25, 0.3) is 77.2 Å². The van der Waals surface area contributed by atoms with E-state index in [1.54, 1.807) is 0 Å². The predicted octanol–water partition coefficient (Wildman–Crippen LogP) is 14.8. The second-order valence-electron chi connectivity index (χ2n) is 14.9. The van der Waals surface area contributed by atoms with E-state index in [2.05, 4.69) is 214 Å². The molecule has 4 nitrogen and oxygen atoms in total. The SMILES string of the molecule is c1ccc(-n2c3ccccc3c3cc(N(c4ccc5c(c4)-c4ccccc4Oc4ccccc4-5)c4ccc5c(c4)c4ccccc4n5-c4ccccc4)ccc32)cc1. The van der Waals surface area contributed by atoms with Crippen LogP contribution in [0.3, 0.4) is 0 Å². The molecular formula is C54H35N3O. The van der Waals surface area contributed by atoms with Crippen molar-refractivity contribution in [3.63, 3.8) is 0 Å². The monoisotopic (exact) mass is 741 g/mol. The van der Waals surface area contributed by atoms with E-state index in [1.165, 1.54) is 43.6 Å². The van der Waals surface area contributed by atoms with Gasteiger partial charge < -0.3 is 18.8 Å². The maximum Gasteiger partial charge on any atom is 0.135 e. The van der Waals surface area contributed by atoms with Crippen molar-refractivity contribution in [3.05, 3.63) is 212 Å². The fraction of sp³-hybridized carbons (Fsp3) is 0. The van der Waals surface area contributed by atoms with Crippen LogP contribution in [-0.4, -0.2) is 9.13 Å². The third kappa shape index (κ3) is 4.95. The van der Waals surface area contributed by atoms with Gasteiger partial charge in [0.05, 0.1) is 22.1 Å². The van der Waals surface area contributed by atoms with E-state index < -0.39 is 0 Å². The van der Waals surface area contributed by atoms with Gasteiger partial charge >= 0.3 is 0 Å². The Kier molecular flexibility index (Phi) is 7.20. The first-order valence-electron chi connectivity index (χ1n) is 19.8. The van der Waals surface area contributed by atoms with E-state index in [4.69, 9.17) is 4.74 Å². The van der Waals surface area contributed by atoms with Crippen LogP contribution in [0, 0.1) is 0 Å². The molecule has 0 aliphatic carbocycles. The van der Waals surface area contributed by atoms with Crippen molar-refractivity contribution in [1.29, 1.82) is 0 Å². The van der Waals surface area contributed by atoms with Gasteiger partial charge in [-0.15, -0.1) is 0 Å². The molecule has 0 atom stereocenters. The van der Waals surface area contributed by atoms with Gasteiger partial charge in [0.15, 0.2) is 0 Å². The number of ether oxygens (including phenoxy) is 1. The molecule has 0 bridgehead atoms. The van der Waals surface area contributed by atoms with E-state index in [0.29, 0.717) is 0 Å². The van der Waals surface area contributed by atoms with Crippen LogP contribution in [0.5, 0.6) is 11.5 Å². The van der Waals surface area contributed by atoms with Crippen molar-refractivity contribution in [2.24, 2.45) is 0 Å². The lowest BCUT2D eigenvalue weighted by molar-refractivity contribution is 0.488. The van der Waals surface area contributed by atoms with Gasteiger partial charge in [0.1, 0.15) is 11.5 Å². The van der Waals surface area contributed by atoms with Crippen molar-refractivity contribution in [1.82, 2.24) is 9.13 Å². The summed E-state index contributed by atoms with van der Waals surface area (Å²) < 4.78 is 11.3. The Hall–Kier alpha value is -7.82. The van der Waals surface area contributed by atoms with E-state index >= 15 is 0 Å². The summed E-state index contributed by atoms with van der Waals surface area (Å²) >= 11 is 0. The summed E-state index contributed by atoms with van der Waals surface area (Å²) in [7, 11) is 0. The summed E-state index contributed by atoms with van der Waals surface area (Å²) in [6.07, 6.45) is 0. The molecule has 0 radical (unpaired) electrons. The standard InChI is InChI=1S/C54H35N3O/c1-3-15-36(16-4-1)56-49-23-11-7-19-42(49)47-34-39(28-31-51(47)56)55(38-27-30-41-44-21-9-13-25-53(44)58-54-26-14-10-22-45(54)46(41)33-38)40-29-32-52-48(35-40)43-20-8-12-24-50(43)57(52)37-17-5-2-6-18-37/h1-35H. The van der Waals surface area contributed by atoms with Crippen LogP contribution in [0.2, 0.25) is 0 Å². The second-order valence-corrected chi connectivity index (χ2v) is 14.9. The minimum absolute atomic E-state index is 0.850. The van der Waals surface area contributed by atoms with Crippen LogP contribution in [0.1, 0.15) is 0 Å². The first kappa shape index (κ1) is 32.4. The van der Waals surface area contributed by atoms with Gasteiger partial charge in [-0.2, -0.15) is 0 Å². The van der Waals surface area contributed by atoms with E-state index in [0.717, 1.165) is 62.2 Å². The van der Waals surface area contributed by atoms with Gasteiger partial charge in [0.25, 0.3) is 0 Å². The molecule has 12 rings (SSSR count). The number of fused-ring (bicyclic) bond motifs is 11. The molecule has 11 aromatic rings. The maximum atomic E-state index is 6.59. The zero-order valence-electron chi connectivity index (χ0n) is 31.5. The molecule has 0 spiro atoms. The topological polar surface area (TPSA) is 22.3 Å². The lowest BCUT2D eigenvalue weighted by atomic mass is 9.93. The Morgan fingerprint density at radius 3 is 1.26 bits per heavy atom. The molecule has 0 fully saturated rings. The van der Waals surface area contributed by atoms with Crippen molar-refractivity contribution < 1.29 is 4.74 Å². The maximum absolute atomic E-state index is 6.59. The smallest absolute Gasteiger partial charge is 0.135 e. The molecule has 9 aromatic carbocycles. The Labute approximate surface area is 335 Å². The molecule has 1 aliphatic rings. The van der Waals surface area contributed by atoms with Gasteiger partial charge in [0.2, 0.25) is 0 Å². The number of aromatic nitrogens is 2.